The van der Waals surface area contributed by atoms with Crippen LogP contribution in [0.2, 0.25) is 0 Å². The maximum absolute atomic E-state index is 13.4. The van der Waals surface area contributed by atoms with E-state index in [1.54, 1.807) is 4.90 Å². The van der Waals surface area contributed by atoms with Crippen molar-refractivity contribution in [2.75, 3.05) is 6.54 Å². The van der Waals surface area contributed by atoms with Gasteiger partial charge in [0.1, 0.15) is 23.1 Å². The van der Waals surface area contributed by atoms with Crippen molar-refractivity contribution in [2.24, 2.45) is 5.92 Å². The number of rotatable bonds is 2. The zero-order valence-electron chi connectivity index (χ0n) is 14.3. The molecule has 2 aliphatic rings. The van der Waals surface area contributed by atoms with Crippen LogP contribution in [0.25, 0.3) is 11.5 Å². The van der Waals surface area contributed by atoms with E-state index in [9.17, 15) is 18.7 Å². The third-order valence-corrected chi connectivity index (χ3v) is 5.14. The van der Waals surface area contributed by atoms with Crippen LogP contribution in [0.3, 0.4) is 0 Å². The Morgan fingerprint density at radius 2 is 2.00 bits per heavy atom. The molecule has 2 atom stereocenters. The molecule has 1 N–H and O–H groups in total. The van der Waals surface area contributed by atoms with Gasteiger partial charge in [0.25, 0.3) is 0 Å². The van der Waals surface area contributed by atoms with Crippen molar-refractivity contribution < 1.29 is 23.1 Å². The average Bonchev–Trinajstić information content (AvgIpc) is 3.03. The van der Waals surface area contributed by atoms with E-state index >= 15 is 0 Å². The molecule has 0 spiro atoms. The van der Waals surface area contributed by atoms with Gasteiger partial charge in [-0.1, -0.05) is 6.42 Å². The summed E-state index contributed by atoms with van der Waals surface area (Å²) in [5, 5.41) is 9.80. The Morgan fingerprint density at radius 3 is 2.73 bits per heavy atom. The summed E-state index contributed by atoms with van der Waals surface area (Å²) in [7, 11) is 0. The van der Waals surface area contributed by atoms with E-state index in [-0.39, 0.29) is 23.3 Å². The fourth-order valence-electron chi connectivity index (χ4n) is 3.83. The number of halogens is 2. The van der Waals surface area contributed by atoms with E-state index in [1.165, 1.54) is 12.1 Å². The molecule has 1 fully saturated rings. The topological polar surface area (TPSA) is 66.6 Å². The van der Waals surface area contributed by atoms with Crippen LogP contribution in [0, 0.1) is 17.6 Å². The van der Waals surface area contributed by atoms with E-state index in [2.05, 4.69) is 4.98 Å². The number of fused-ring (bicyclic) bond motifs is 1. The highest BCUT2D eigenvalue weighted by Gasteiger charge is 2.32. The molecule has 1 aliphatic carbocycles. The first-order valence-corrected chi connectivity index (χ1v) is 8.91. The maximum atomic E-state index is 13.4. The number of aliphatic hydroxyl groups excluding tert-OH is 1. The SMILES string of the molecule is O=C([C@H]1CCC[C@@H](O)C1)N1CCc2oc(-c3cc(F)cc(F)c3)nc2C1. The molecule has 1 saturated carbocycles. The number of nitrogens with zero attached hydrogens (tertiary/aromatic N) is 2. The molecular formula is C19H20F2N2O3. The van der Waals surface area contributed by atoms with Crippen LogP contribution in [0.4, 0.5) is 8.78 Å². The van der Waals surface area contributed by atoms with Crippen LogP contribution in [-0.2, 0) is 17.8 Å². The standard InChI is InChI=1S/C19H20F2N2O3/c20-13-6-12(7-14(21)9-13)18-22-16-10-23(5-4-17(16)26-18)19(25)11-2-1-3-15(24)8-11/h6-7,9,11,15,24H,1-5,8,10H2/t11-,15+/m0/s1. The lowest BCUT2D eigenvalue weighted by Crippen LogP contribution is -2.41. The molecule has 4 rings (SSSR count). The molecule has 0 bridgehead atoms. The molecule has 1 aromatic carbocycles. The summed E-state index contributed by atoms with van der Waals surface area (Å²) in [6.45, 7) is 0.840. The summed E-state index contributed by atoms with van der Waals surface area (Å²) in [5.41, 5.74) is 0.866. The van der Waals surface area contributed by atoms with Crippen LogP contribution in [-0.4, -0.2) is 33.5 Å². The number of aromatic nitrogens is 1. The normalized spacial score (nSPS) is 23.0. The lowest BCUT2D eigenvalue weighted by molar-refractivity contribution is -0.139. The summed E-state index contributed by atoms with van der Waals surface area (Å²) in [4.78, 5) is 18.8. The lowest BCUT2D eigenvalue weighted by Gasteiger charge is -2.32. The van der Waals surface area contributed by atoms with Crippen LogP contribution in [0.1, 0.15) is 37.1 Å². The van der Waals surface area contributed by atoms with Crippen molar-refractivity contribution in [1.82, 2.24) is 9.88 Å². The molecule has 1 aliphatic heterocycles. The molecule has 0 saturated heterocycles. The zero-order chi connectivity index (χ0) is 18.3. The highest BCUT2D eigenvalue weighted by Crippen LogP contribution is 2.30. The van der Waals surface area contributed by atoms with E-state index in [0.29, 0.717) is 37.4 Å². The predicted molar refractivity (Wildman–Crippen MR) is 88.9 cm³/mol. The Kier molecular flexibility index (Phi) is 4.48. The molecule has 2 heterocycles. The summed E-state index contributed by atoms with van der Waals surface area (Å²) in [5.74, 6) is -0.680. The Labute approximate surface area is 149 Å². The number of aliphatic hydroxyl groups is 1. The third-order valence-electron chi connectivity index (χ3n) is 5.14. The van der Waals surface area contributed by atoms with Crippen molar-refractivity contribution in [3.8, 4) is 11.5 Å². The second-order valence-electron chi connectivity index (χ2n) is 7.07. The van der Waals surface area contributed by atoms with Gasteiger partial charge in [0.2, 0.25) is 11.8 Å². The monoisotopic (exact) mass is 362 g/mol. The second kappa shape index (κ2) is 6.79. The second-order valence-corrected chi connectivity index (χ2v) is 7.07. The minimum atomic E-state index is -0.691. The van der Waals surface area contributed by atoms with E-state index in [0.717, 1.165) is 25.3 Å². The quantitative estimate of drug-likeness (QED) is 0.892. The largest absolute Gasteiger partial charge is 0.441 e. The zero-order valence-corrected chi connectivity index (χ0v) is 14.3. The van der Waals surface area contributed by atoms with Gasteiger partial charge in [-0.2, -0.15) is 0 Å². The first kappa shape index (κ1) is 17.1. The molecule has 1 amide bonds. The molecular weight excluding hydrogens is 342 g/mol. The number of amides is 1. The van der Waals surface area contributed by atoms with Gasteiger partial charge in [-0.25, -0.2) is 13.8 Å². The molecule has 2 aromatic rings. The molecule has 5 nitrogen and oxygen atoms in total. The van der Waals surface area contributed by atoms with Gasteiger partial charge >= 0.3 is 0 Å². The number of oxazole rings is 1. The lowest BCUT2D eigenvalue weighted by atomic mass is 9.86. The number of carbonyl (C=O) groups is 1. The number of hydrogen-bond donors (Lipinski definition) is 1. The van der Waals surface area contributed by atoms with Crippen molar-refractivity contribution >= 4 is 5.91 Å². The summed E-state index contributed by atoms with van der Waals surface area (Å²) < 4.78 is 32.5. The van der Waals surface area contributed by atoms with Crippen molar-refractivity contribution in [2.45, 2.75) is 44.8 Å². The molecule has 26 heavy (non-hydrogen) atoms. The minimum Gasteiger partial charge on any atom is -0.441 e. The number of benzene rings is 1. The summed E-state index contributed by atoms with van der Waals surface area (Å²) in [6.07, 6.45) is 3.03. The first-order valence-electron chi connectivity index (χ1n) is 8.91. The van der Waals surface area contributed by atoms with Gasteiger partial charge < -0.3 is 14.4 Å². The van der Waals surface area contributed by atoms with E-state index < -0.39 is 17.7 Å². The Hall–Kier alpha value is -2.28. The van der Waals surface area contributed by atoms with E-state index in [1.807, 2.05) is 0 Å². The molecule has 0 radical (unpaired) electrons. The van der Waals surface area contributed by atoms with Gasteiger partial charge in [-0.3, -0.25) is 4.79 Å². The van der Waals surface area contributed by atoms with Crippen LogP contribution < -0.4 is 0 Å². The Balaban J connectivity index is 1.52. The van der Waals surface area contributed by atoms with Crippen LogP contribution in [0.15, 0.2) is 22.6 Å². The van der Waals surface area contributed by atoms with Crippen molar-refractivity contribution in [3.63, 3.8) is 0 Å². The predicted octanol–water partition coefficient (Wildman–Crippen LogP) is 3.06. The Bertz CT molecular complexity index is 816. The first-order chi connectivity index (χ1) is 12.5. The average molecular weight is 362 g/mol. The third kappa shape index (κ3) is 3.35. The fourth-order valence-corrected chi connectivity index (χ4v) is 3.83. The smallest absolute Gasteiger partial charge is 0.226 e. The van der Waals surface area contributed by atoms with Gasteiger partial charge in [0.15, 0.2) is 0 Å². The maximum Gasteiger partial charge on any atom is 0.226 e. The Morgan fingerprint density at radius 1 is 1.23 bits per heavy atom. The fraction of sp³-hybridized carbons (Fsp3) is 0.474. The van der Waals surface area contributed by atoms with E-state index in [4.69, 9.17) is 4.42 Å². The number of hydrogen-bond acceptors (Lipinski definition) is 4. The van der Waals surface area contributed by atoms with Crippen molar-refractivity contribution in [1.29, 1.82) is 0 Å². The highest BCUT2D eigenvalue weighted by atomic mass is 19.1. The van der Waals surface area contributed by atoms with Gasteiger partial charge in [-0.15, -0.1) is 0 Å². The molecule has 0 unspecified atom stereocenters. The molecule has 1 aromatic heterocycles. The summed E-state index contributed by atoms with van der Waals surface area (Å²) >= 11 is 0. The van der Waals surface area contributed by atoms with Crippen LogP contribution in [0.5, 0.6) is 0 Å². The van der Waals surface area contributed by atoms with Crippen molar-refractivity contribution in [3.05, 3.63) is 41.3 Å². The summed E-state index contributed by atoms with van der Waals surface area (Å²) in [6, 6.07) is 3.14. The van der Waals surface area contributed by atoms with Gasteiger partial charge in [0.05, 0.1) is 12.6 Å². The minimum absolute atomic E-state index is 0.0377. The molecule has 7 heteroatoms. The van der Waals surface area contributed by atoms with Gasteiger partial charge in [-0.05, 0) is 31.4 Å². The van der Waals surface area contributed by atoms with Crippen LogP contribution >= 0.6 is 0 Å². The number of carbonyl (C=O) groups excluding carboxylic acids is 1. The van der Waals surface area contributed by atoms with Gasteiger partial charge in [0, 0.05) is 30.5 Å². The molecule has 138 valence electrons. The highest BCUT2D eigenvalue weighted by molar-refractivity contribution is 5.79.